The molecule has 3 aromatic rings. The van der Waals surface area contributed by atoms with Crippen LogP contribution in [0.3, 0.4) is 0 Å². The maximum atomic E-state index is 11.1. The van der Waals surface area contributed by atoms with E-state index in [2.05, 4.69) is 15.0 Å². The average molecular weight is 499 g/mol. The molecule has 0 radical (unpaired) electrons. The summed E-state index contributed by atoms with van der Waals surface area (Å²) in [6.45, 7) is 1.35. The molecule has 1 aromatic carbocycles. The third-order valence-corrected chi connectivity index (χ3v) is 7.89. The Bertz CT molecular complexity index is 1220. The van der Waals surface area contributed by atoms with E-state index in [9.17, 15) is 4.79 Å². The molecule has 0 amide bonds. The molecule has 0 spiro atoms. The molecule has 7 nitrogen and oxygen atoms in total. The summed E-state index contributed by atoms with van der Waals surface area (Å²) in [4.78, 5) is 17.5. The molecule has 1 aliphatic heterocycles. The lowest BCUT2D eigenvalue weighted by Gasteiger charge is -2.33. The number of fused-ring (bicyclic) bond motifs is 2. The lowest BCUT2D eigenvalue weighted by Crippen LogP contribution is -2.38. The zero-order valence-electron chi connectivity index (χ0n) is 18.4. The fraction of sp³-hybridized carbons (Fsp3) is 0.400. The van der Waals surface area contributed by atoms with E-state index in [4.69, 9.17) is 33.0 Å². The van der Waals surface area contributed by atoms with Crippen LogP contribution in [0.4, 0.5) is 5.69 Å². The van der Waals surface area contributed by atoms with Crippen LogP contribution in [0.2, 0.25) is 10.0 Å². The topological polar surface area (TPSA) is 80.5 Å². The number of para-hydroxylation sites is 1. The molecule has 1 N–H and O–H groups in total. The van der Waals surface area contributed by atoms with Crippen LogP contribution < -0.4 is 4.90 Å². The molecule has 2 saturated carbocycles. The van der Waals surface area contributed by atoms with Crippen LogP contribution in [0.25, 0.3) is 5.69 Å². The maximum Gasteiger partial charge on any atom is 0.354 e. The van der Waals surface area contributed by atoms with Crippen molar-refractivity contribution < 1.29 is 14.6 Å². The Morgan fingerprint density at radius 1 is 1.12 bits per heavy atom. The summed E-state index contributed by atoms with van der Waals surface area (Å²) in [7, 11) is 0. The van der Waals surface area contributed by atoms with Gasteiger partial charge in [-0.3, -0.25) is 0 Å². The maximum absolute atomic E-state index is 11.1. The van der Waals surface area contributed by atoms with Gasteiger partial charge < -0.3 is 14.7 Å². The van der Waals surface area contributed by atoms with Gasteiger partial charge >= 0.3 is 5.97 Å². The molecule has 176 valence electrons. The van der Waals surface area contributed by atoms with Gasteiger partial charge in [0.2, 0.25) is 0 Å². The van der Waals surface area contributed by atoms with Crippen LogP contribution in [-0.2, 0) is 11.3 Å². The minimum Gasteiger partial charge on any atom is -0.477 e. The summed E-state index contributed by atoms with van der Waals surface area (Å²) in [5.41, 5.74) is 4.00. The van der Waals surface area contributed by atoms with Crippen LogP contribution in [0.1, 0.15) is 53.3 Å². The van der Waals surface area contributed by atoms with E-state index >= 15 is 0 Å². The van der Waals surface area contributed by atoms with E-state index in [1.807, 2.05) is 35.1 Å². The Kier molecular flexibility index (Phi) is 5.51. The molecule has 3 aliphatic rings. The number of carboxylic acid groups (broad SMARTS) is 1. The zero-order valence-corrected chi connectivity index (χ0v) is 19.9. The van der Waals surface area contributed by atoms with E-state index in [1.165, 1.54) is 18.4 Å². The molecule has 34 heavy (non-hydrogen) atoms. The zero-order chi connectivity index (χ0) is 23.4. The molecule has 3 atom stereocenters. The quantitative estimate of drug-likeness (QED) is 0.473. The van der Waals surface area contributed by atoms with Gasteiger partial charge in [0.25, 0.3) is 0 Å². The van der Waals surface area contributed by atoms with Crippen molar-refractivity contribution in [1.29, 1.82) is 0 Å². The van der Waals surface area contributed by atoms with Gasteiger partial charge in [-0.15, -0.1) is 0 Å². The predicted molar refractivity (Wildman–Crippen MR) is 129 cm³/mol. The van der Waals surface area contributed by atoms with Gasteiger partial charge in [0.15, 0.2) is 0 Å². The normalized spacial score (nSPS) is 23.6. The van der Waals surface area contributed by atoms with Crippen LogP contribution >= 0.6 is 23.2 Å². The first-order chi connectivity index (χ1) is 16.5. The molecule has 3 fully saturated rings. The van der Waals surface area contributed by atoms with Gasteiger partial charge in [0.1, 0.15) is 11.4 Å². The Balaban J connectivity index is 1.17. The van der Waals surface area contributed by atoms with Gasteiger partial charge in [-0.25, -0.2) is 14.5 Å². The highest BCUT2D eigenvalue weighted by molar-refractivity contribution is 6.37. The van der Waals surface area contributed by atoms with Crippen molar-refractivity contribution in [3.8, 4) is 5.69 Å². The standard InChI is InChI=1S/C25H24Cl2N4O3/c26-19-2-1-3-20(27)24(19)31-22(18(11-29-31)14-4-5-14)13-34-23-9-17-8-15(23)12-30(17)16-6-7-21(25(32)33)28-10-16/h1-3,6-7,10-11,14-15,17,23H,4-5,8-9,12-13H2,(H,32,33)/t15-,17-,23+/m0/s1. The van der Waals surface area contributed by atoms with Crippen molar-refractivity contribution in [3.63, 3.8) is 0 Å². The fourth-order valence-electron chi connectivity index (χ4n) is 5.45. The lowest BCUT2D eigenvalue weighted by molar-refractivity contribution is 0.00992. The predicted octanol–water partition coefficient (Wildman–Crippen LogP) is 5.33. The van der Waals surface area contributed by atoms with E-state index in [0.717, 1.165) is 30.8 Å². The molecule has 2 bridgehead atoms. The van der Waals surface area contributed by atoms with Crippen molar-refractivity contribution in [1.82, 2.24) is 14.8 Å². The van der Waals surface area contributed by atoms with Crippen LogP contribution in [0.15, 0.2) is 42.7 Å². The summed E-state index contributed by atoms with van der Waals surface area (Å²) in [5, 5.41) is 14.9. The van der Waals surface area contributed by atoms with E-state index in [-0.39, 0.29) is 11.8 Å². The Hall–Kier alpha value is -2.61. The number of aromatic carboxylic acids is 1. The van der Waals surface area contributed by atoms with Crippen LogP contribution in [-0.4, -0.2) is 44.5 Å². The second-order valence-corrected chi connectivity index (χ2v) is 10.2. The number of rotatable bonds is 7. The number of carbonyl (C=O) groups is 1. The van der Waals surface area contributed by atoms with Crippen LogP contribution in [0, 0.1) is 5.92 Å². The average Bonchev–Trinajstić information content (AvgIpc) is 3.28. The second-order valence-electron chi connectivity index (χ2n) is 9.40. The number of benzene rings is 1. The molecule has 3 heterocycles. The molecule has 1 saturated heterocycles. The molecule has 2 aromatic heterocycles. The number of nitrogens with zero attached hydrogens (tertiary/aromatic N) is 4. The number of aromatic nitrogens is 3. The number of carboxylic acids is 1. The number of halogens is 2. The number of piperidine rings is 1. The van der Waals surface area contributed by atoms with Crippen molar-refractivity contribution in [3.05, 3.63) is 69.7 Å². The molecule has 9 heteroatoms. The fourth-order valence-corrected chi connectivity index (χ4v) is 6.00. The highest BCUT2D eigenvalue weighted by Crippen LogP contribution is 2.45. The summed E-state index contributed by atoms with van der Waals surface area (Å²) in [5.74, 6) is -0.0509. The first kappa shape index (κ1) is 21.9. The summed E-state index contributed by atoms with van der Waals surface area (Å²) in [6, 6.07) is 9.28. The molecular weight excluding hydrogens is 475 g/mol. The van der Waals surface area contributed by atoms with E-state index < -0.39 is 5.97 Å². The minimum atomic E-state index is -1.01. The number of ether oxygens (including phenoxy) is 1. The summed E-state index contributed by atoms with van der Waals surface area (Å²) >= 11 is 13.0. The monoisotopic (exact) mass is 498 g/mol. The Labute approximate surface area is 207 Å². The number of anilines is 1. The van der Waals surface area contributed by atoms with Gasteiger partial charge in [-0.05, 0) is 61.4 Å². The summed E-state index contributed by atoms with van der Waals surface area (Å²) in [6.07, 6.45) is 8.12. The van der Waals surface area contributed by atoms with Crippen molar-refractivity contribution in [2.75, 3.05) is 11.4 Å². The van der Waals surface area contributed by atoms with Crippen molar-refractivity contribution >= 4 is 34.9 Å². The van der Waals surface area contributed by atoms with Gasteiger partial charge in [0.05, 0.1) is 46.5 Å². The first-order valence-electron chi connectivity index (χ1n) is 11.6. The number of hydrogen-bond donors (Lipinski definition) is 1. The Morgan fingerprint density at radius 3 is 2.53 bits per heavy atom. The highest BCUT2D eigenvalue weighted by Gasteiger charge is 2.45. The third-order valence-electron chi connectivity index (χ3n) is 7.28. The van der Waals surface area contributed by atoms with Crippen LogP contribution in [0.5, 0.6) is 0 Å². The van der Waals surface area contributed by atoms with Gasteiger partial charge in [0, 0.05) is 18.5 Å². The molecule has 2 aliphatic carbocycles. The van der Waals surface area contributed by atoms with Gasteiger partial charge in [-0.2, -0.15) is 5.10 Å². The van der Waals surface area contributed by atoms with Crippen molar-refractivity contribution in [2.45, 2.75) is 50.4 Å². The molecule has 0 unspecified atom stereocenters. The smallest absolute Gasteiger partial charge is 0.354 e. The second kappa shape index (κ2) is 8.56. The molecule has 6 rings (SSSR count). The SMILES string of the molecule is O=C(O)c1ccc(N2C[C@@H]3C[C@H]2C[C@H]3OCc2c(C3CC3)cnn2-c2c(Cl)cccc2Cl)cn1. The van der Waals surface area contributed by atoms with E-state index in [1.54, 1.807) is 12.3 Å². The summed E-state index contributed by atoms with van der Waals surface area (Å²) < 4.78 is 8.36. The number of hydrogen-bond acceptors (Lipinski definition) is 5. The number of pyridine rings is 1. The largest absolute Gasteiger partial charge is 0.477 e. The minimum absolute atomic E-state index is 0.0658. The highest BCUT2D eigenvalue weighted by atomic mass is 35.5. The lowest BCUT2D eigenvalue weighted by atomic mass is 10.1. The van der Waals surface area contributed by atoms with E-state index in [0.29, 0.717) is 40.2 Å². The molecular formula is C25H24Cl2N4O3. The van der Waals surface area contributed by atoms with Gasteiger partial charge in [-0.1, -0.05) is 29.3 Å². The first-order valence-corrected chi connectivity index (χ1v) is 12.3. The third kappa shape index (κ3) is 3.85. The van der Waals surface area contributed by atoms with Crippen molar-refractivity contribution in [2.24, 2.45) is 5.92 Å². The Morgan fingerprint density at radius 2 is 1.91 bits per heavy atom.